The van der Waals surface area contributed by atoms with Gasteiger partial charge in [-0.2, -0.15) is 0 Å². The number of rotatable bonds is 8. The summed E-state index contributed by atoms with van der Waals surface area (Å²) in [5.74, 6) is -1.04. The van der Waals surface area contributed by atoms with Gasteiger partial charge in [0, 0.05) is 11.4 Å². The topological polar surface area (TPSA) is 119 Å². The van der Waals surface area contributed by atoms with Crippen molar-refractivity contribution in [3.8, 4) is 0 Å². The first-order chi connectivity index (χ1) is 15.2. The number of benzene rings is 2. The lowest BCUT2D eigenvalue weighted by atomic mass is 10.2. The number of carbonyl (C=O) groups excluding carboxylic acids is 1. The summed E-state index contributed by atoms with van der Waals surface area (Å²) in [6.45, 7) is 4.17. The molecule has 166 valence electrons. The Morgan fingerprint density at radius 3 is 2.28 bits per heavy atom. The van der Waals surface area contributed by atoms with E-state index in [1.54, 1.807) is 12.1 Å². The molecule has 3 rings (SSSR count). The molecule has 0 spiro atoms. The zero-order chi connectivity index (χ0) is 23.3. The summed E-state index contributed by atoms with van der Waals surface area (Å²) >= 11 is 5.76. The van der Waals surface area contributed by atoms with E-state index in [-0.39, 0.29) is 22.6 Å². The third-order valence-corrected chi connectivity index (χ3v) is 4.41. The molecule has 0 aliphatic rings. The molecule has 32 heavy (non-hydrogen) atoms. The van der Waals surface area contributed by atoms with Crippen molar-refractivity contribution in [2.45, 2.75) is 13.8 Å². The SMILES string of the molecule is CC(C)COC(=O)c1ccc(Nc2ncnc(Nc3ccc(F)c(Cl)c3)c2[N+](=O)[O-])cc1. The second-order valence-corrected chi connectivity index (χ2v) is 7.53. The summed E-state index contributed by atoms with van der Waals surface area (Å²) in [5.41, 5.74) is 0.702. The largest absolute Gasteiger partial charge is 0.462 e. The van der Waals surface area contributed by atoms with Crippen LogP contribution in [0.25, 0.3) is 0 Å². The average molecular weight is 460 g/mol. The van der Waals surface area contributed by atoms with Crippen molar-refractivity contribution in [2.24, 2.45) is 5.92 Å². The van der Waals surface area contributed by atoms with Crippen molar-refractivity contribution < 1.29 is 18.8 Å². The molecule has 9 nitrogen and oxygen atoms in total. The monoisotopic (exact) mass is 459 g/mol. The molecule has 2 aromatic carbocycles. The zero-order valence-corrected chi connectivity index (χ0v) is 17.9. The van der Waals surface area contributed by atoms with Crippen LogP contribution in [-0.2, 0) is 4.74 Å². The summed E-state index contributed by atoms with van der Waals surface area (Å²) in [7, 11) is 0. The van der Waals surface area contributed by atoms with Crippen molar-refractivity contribution >= 4 is 46.3 Å². The van der Waals surface area contributed by atoms with Crippen LogP contribution in [-0.4, -0.2) is 27.5 Å². The normalized spacial score (nSPS) is 10.7. The number of esters is 1. The predicted molar refractivity (Wildman–Crippen MR) is 118 cm³/mol. The van der Waals surface area contributed by atoms with Crippen molar-refractivity contribution in [2.75, 3.05) is 17.2 Å². The lowest BCUT2D eigenvalue weighted by Crippen LogP contribution is -2.10. The van der Waals surface area contributed by atoms with E-state index in [0.717, 1.165) is 12.4 Å². The Labute approximate surface area is 187 Å². The first kappa shape index (κ1) is 22.9. The van der Waals surface area contributed by atoms with E-state index in [9.17, 15) is 19.3 Å². The molecular weight excluding hydrogens is 441 g/mol. The van der Waals surface area contributed by atoms with Crippen LogP contribution >= 0.6 is 11.6 Å². The molecular formula is C21H19ClFN5O4. The summed E-state index contributed by atoms with van der Waals surface area (Å²) in [5, 5.41) is 17.2. The molecule has 3 aromatic rings. The maximum Gasteiger partial charge on any atom is 0.353 e. The molecule has 0 fully saturated rings. The lowest BCUT2D eigenvalue weighted by molar-refractivity contribution is -0.383. The average Bonchev–Trinajstić information content (AvgIpc) is 2.75. The molecule has 0 saturated carbocycles. The number of nitrogens with zero attached hydrogens (tertiary/aromatic N) is 3. The smallest absolute Gasteiger partial charge is 0.353 e. The number of nitrogens with one attached hydrogen (secondary N) is 2. The van der Waals surface area contributed by atoms with Gasteiger partial charge >= 0.3 is 11.7 Å². The molecule has 11 heteroatoms. The van der Waals surface area contributed by atoms with E-state index in [2.05, 4.69) is 20.6 Å². The highest BCUT2D eigenvalue weighted by atomic mass is 35.5. The maximum atomic E-state index is 13.4. The van der Waals surface area contributed by atoms with Gasteiger partial charge in [0.15, 0.2) is 0 Å². The van der Waals surface area contributed by atoms with Crippen LogP contribution in [0.3, 0.4) is 0 Å². The van der Waals surface area contributed by atoms with E-state index in [1.165, 1.54) is 24.3 Å². The number of hydrogen-bond acceptors (Lipinski definition) is 8. The van der Waals surface area contributed by atoms with Crippen molar-refractivity contribution in [1.82, 2.24) is 9.97 Å². The molecule has 0 bridgehead atoms. The van der Waals surface area contributed by atoms with E-state index in [0.29, 0.717) is 23.5 Å². The first-order valence-electron chi connectivity index (χ1n) is 9.50. The fraction of sp³-hybridized carbons (Fsp3) is 0.190. The van der Waals surface area contributed by atoms with Gasteiger partial charge in [-0.15, -0.1) is 0 Å². The van der Waals surface area contributed by atoms with Gasteiger partial charge in [0.2, 0.25) is 11.6 Å². The Morgan fingerprint density at radius 1 is 1.12 bits per heavy atom. The molecule has 0 atom stereocenters. The number of ether oxygens (including phenoxy) is 1. The molecule has 0 saturated heterocycles. The second-order valence-electron chi connectivity index (χ2n) is 7.13. The lowest BCUT2D eigenvalue weighted by Gasteiger charge is -2.11. The maximum absolute atomic E-state index is 13.4. The van der Waals surface area contributed by atoms with E-state index in [1.807, 2.05) is 13.8 Å². The Balaban J connectivity index is 1.82. The summed E-state index contributed by atoms with van der Waals surface area (Å²) in [6.07, 6.45) is 1.14. The van der Waals surface area contributed by atoms with Gasteiger partial charge in [0.1, 0.15) is 12.1 Å². The van der Waals surface area contributed by atoms with Gasteiger partial charge in [0.05, 0.1) is 22.1 Å². The van der Waals surface area contributed by atoms with Crippen LogP contribution in [0.1, 0.15) is 24.2 Å². The molecule has 0 aliphatic carbocycles. The standard InChI is InChI=1S/C21H19ClFN5O4/c1-12(2)10-32-21(29)13-3-5-14(6-4-13)26-19-18(28(30)31)20(25-11-24-19)27-15-7-8-17(23)16(22)9-15/h3-9,11-12H,10H2,1-2H3,(H2,24,25,26,27). The van der Waals surface area contributed by atoms with Gasteiger partial charge in [-0.25, -0.2) is 19.2 Å². The van der Waals surface area contributed by atoms with E-state index >= 15 is 0 Å². The van der Waals surface area contributed by atoms with Gasteiger partial charge < -0.3 is 15.4 Å². The van der Waals surface area contributed by atoms with Crippen LogP contribution in [0.15, 0.2) is 48.8 Å². The number of carbonyl (C=O) groups is 1. The Morgan fingerprint density at radius 2 is 1.72 bits per heavy atom. The number of anilines is 4. The Kier molecular flexibility index (Phi) is 7.16. The van der Waals surface area contributed by atoms with Crippen molar-refractivity contribution in [3.05, 3.63) is 75.3 Å². The highest BCUT2D eigenvalue weighted by Crippen LogP contribution is 2.33. The third kappa shape index (κ3) is 5.67. The van der Waals surface area contributed by atoms with E-state index in [4.69, 9.17) is 16.3 Å². The van der Waals surface area contributed by atoms with Crippen LogP contribution < -0.4 is 10.6 Å². The molecule has 0 aliphatic heterocycles. The van der Waals surface area contributed by atoms with Crippen LogP contribution in [0.2, 0.25) is 5.02 Å². The minimum absolute atomic E-state index is 0.0733. The minimum Gasteiger partial charge on any atom is -0.462 e. The van der Waals surface area contributed by atoms with Gasteiger partial charge in [0.25, 0.3) is 0 Å². The third-order valence-electron chi connectivity index (χ3n) is 4.12. The second kappa shape index (κ2) is 10.0. The number of nitro groups is 1. The van der Waals surface area contributed by atoms with Crippen LogP contribution in [0, 0.1) is 21.8 Å². The van der Waals surface area contributed by atoms with Crippen LogP contribution in [0.5, 0.6) is 0 Å². The molecule has 1 aromatic heterocycles. The van der Waals surface area contributed by atoms with Gasteiger partial charge in [-0.05, 0) is 48.4 Å². The Hall–Kier alpha value is -3.79. The van der Waals surface area contributed by atoms with Crippen LogP contribution in [0.4, 0.5) is 33.1 Å². The predicted octanol–water partition coefficient (Wildman–Crippen LogP) is 5.48. The first-order valence-corrected chi connectivity index (χ1v) is 9.88. The Bertz CT molecular complexity index is 1140. The number of halogens is 2. The molecule has 2 N–H and O–H groups in total. The summed E-state index contributed by atoms with van der Waals surface area (Å²) in [4.78, 5) is 31.0. The zero-order valence-electron chi connectivity index (χ0n) is 17.1. The molecule has 1 heterocycles. The summed E-state index contributed by atoms with van der Waals surface area (Å²) in [6, 6.07) is 10.0. The minimum atomic E-state index is -0.645. The highest BCUT2D eigenvalue weighted by molar-refractivity contribution is 6.31. The van der Waals surface area contributed by atoms with Crippen molar-refractivity contribution in [3.63, 3.8) is 0 Å². The highest BCUT2D eigenvalue weighted by Gasteiger charge is 2.23. The molecule has 0 unspecified atom stereocenters. The molecule has 0 amide bonds. The van der Waals surface area contributed by atoms with E-state index < -0.39 is 22.4 Å². The fourth-order valence-corrected chi connectivity index (χ4v) is 2.78. The van der Waals surface area contributed by atoms with Gasteiger partial charge in [-0.1, -0.05) is 25.4 Å². The van der Waals surface area contributed by atoms with Gasteiger partial charge in [-0.3, -0.25) is 10.1 Å². The number of hydrogen-bond donors (Lipinski definition) is 2. The summed E-state index contributed by atoms with van der Waals surface area (Å²) < 4.78 is 18.6. The quantitative estimate of drug-likeness (QED) is 0.258. The van der Waals surface area contributed by atoms with Crippen molar-refractivity contribution in [1.29, 1.82) is 0 Å². The molecule has 0 radical (unpaired) electrons. The number of aromatic nitrogens is 2. The fourth-order valence-electron chi connectivity index (χ4n) is 2.60.